The lowest BCUT2D eigenvalue weighted by atomic mass is 9.99. The predicted octanol–water partition coefficient (Wildman–Crippen LogP) is 2.05. The van der Waals surface area contributed by atoms with Crippen LogP contribution in [0.25, 0.3) is 10.9 Å². The fraction of sp³-hybridized carbons (Fsp3) is 0.375. The molecule has 3 rings (SSSR count). The lowest BCUT2D eigenvalue weighted by molar-refractivity contribution is -0.146. The maximum atomic E-state index is 12.7. The van der Waals surface area contributed by atoms with E-state index in [1.165, 1.54) is 7.11 Å². The Morgan fingerprint density at radius 2 is 2.10 bits per heavy atom. The number of aromatic amines is 1. The smallest absolute Gasteiger partial charge is 0.310 e. The number of aromatic nitrogens is 1. The number of fused-ring (bicyclic) bond motifs is 1. The Morgan fingerprint density at radius 1 is 1.29 bits per heavy atom. The molecule has 1 saturated heterocycles. The second-order valence-electron chi connectivity index (χ2n) is 5.56. The maximum Gasteiger partial charge on any atom is 0.310 e. The molecule has 0 saturated carbocycles. The fourth-order valence-corrected chi connectivity index (χ4v) is 3.03. The molecule has 1 aromatic carbocycles. The van der Waals surface area contributed by atoms with Gasteiger partial charge in [-0.15, -0.1) is 0 Å². The van der Waals surface area contributed by atoms with Crippen molar-refractivity contribution in [1.29, 1.82) is 0 Å². The Hall–Kier alpha value is -2.30. The van der Waals surface area contributed by atoms with Crippen LogP contribution in [0.2, 0.25) is 0 Å². The molecule has 1 aromatic heterocycles. The number of ether oxygens (including phenoxy) is 1. The van der Waals surface area contributed by atoms with E-state index in [1.54, 1.807) is 4.90 Å². The molecule has 2 aromatic rings. The summed E-state index contributed by atoms with van der Waals surface area (Å²) in [6.45, 7) is 2.98. The number of nitrogens with one attached hydrogen (secondary N) is 1. The summed E-state index contributed by atoms with van der Waals surface area (Å²) in [5, 5.41) is 0.914. The Kier molecular flexibility index (Phi) is 3.41. The number of benzene rings is 1. The Labute approximate surface area is 122 Å². The highest BCUT2D eigenvalue weighted by molar-refractivity contribution is 6.06. The highest BCUT2D eigenvalue weighted by Crippen LogP contribution is 2.27. The fourth-order valence-electron chi connectivity index (χ4n) is 3.03. The molecule has 1 fully saturated rings. The number of methoxy groups -OCH3 is 1. The SMILES string of the molecule is COC(=O)C1CN(C(=O)c2cccc3[nH]ccc23)CC1C. The van der Waals surface area contributed by atoms with E-state index < -0.39 is 0 Å². The first-order valence-corrected chi connectivity index (χ1v) is 7.05. The van der Waals surface area contributed by atoms with Gasteiger partial charge in [0.2, 0.25) is 0 Å². The van der Waals surface area contributed by atoms with E-state index >= 15 is 0 Å². The summed E-state index contributed by atoms with van der Waals surface area (Å²) in [5.74, 6) is -0.382. The van der Waals surface area contributed by atoms with Crippen molar-refractivity contribution in [2.24, 2.45) is 11.8 Å². The number of carbonyl (C=O) groups excluding carboxylic acids is 2. The van der Waals surface area contributed by atoms with Crippen LogP contribution < -0.4 is 0 Å². The van der Waals surface area contributed by atoms with Gasteiger partial charge in [-0.1, -0.05) is 13.0 Å². The molecule has 0 aliphatic carbocycles. The minimum Gasteiger partial charge on any atom is -0.469 e. The van der Waals surface area contributed by atoms with Crippen molar-refractivity contribution in [2.75, 3.05) is 20.2 Å². The summed E-state index contributed by atoms with van der Waals surface area (Å²) in [5.41, 5.74) is 1.61. The van der Waals surface area contributed by atoms with Gasteiger partial charge in [-0.25, -0.2) is 0 Å². The Morgan fingerprint density at radius 3 is 2.86 bits per heavy atom. The van der Waals surface area contributed by atoms with E-state index in [0.717, 1.165) is 10.9 Å². The summed E-state index contributed by atoms with van der Waals surface area (Å²) < 4.78 is 4.81. The highest BCUT2D eigenvalue weighted by Gasteiger charge is 2.38. The highest BCUT2D eigenvalue weighted by atomic mass is 16.5. The van der Waals surface area contributed by atoms with Crippen molar-refractivity contribution in [3.8, 4) is 0 Å². The van der Waals surface area contributed by atoms with Gasteiger partial charge in [0.05, 0.1) is 13.0 Å². The van der Waals surface area contributed by atoms with Gasteiger partial charge in [-0.2, -0.15) is 0 Å². The molecular formula is C16H18N2O3. The van der Waals surface area contributed by atoms with Crippen molar-refractivity contribution in [3.05, 3.63) is 36.0 Å². The first-order chi connectivity index (χ1) is 10.1. The minimum atomic E-state index is -0.238. The largest absolute Gasteiger partial charge is 0.469 e. The molecule has 21 heavy (non-hydrogen) atoms. The third-order valence-electron chi connectivity index (χ3n) is 4.23. The van der Waals surface area contributed by atoms with Crippen LogP contribution in [-0.2, 0) is 9.53 Å². The van der Waals surface area contributed by atoms with Gasteiger partial charge in [-0.3, -0.25) is 9.59 Å². The molecule has 1 aliphatic rings. The number of hydrogen-bond acceptors (Lipinski definition) is 3. The van der Waals surface area contributed by atoms with Gasteiger partial charge >= 0.3 is 5.97 Å². The van der Waals surface area contributed by atoms with Crippen LogP contribution in [-0.4, -0.2) is 42.0 Å². The molecule has 5 nitrogen and oxygen atoms in total. The van der Waals surface area contributed by atoms with Crippen LogP contribution in [0.3, 0.4) is 0 Å². The van der Waals surface area contributed by atoms with E-state index in [0.29, 0.717) is 18.7 Å². The lowest BCUT2D eigenvalue weighted by Gasteiger charge is -2.16. The molecular weight excluding hydrogens is 268 g/mol. The van der Waals surface area contributed by atoms with Crippen molar-refractivity contribution in [2.45, 2.75) is 6.92 Å². The molecule has 0 bridgehead atoms. The van der Waals surface area contributed by atoms with Gasteiger partial charge < -0.3 is 14.6 Å². The molecule has 1 amide bonds. The normalized spacial score (nSPS) is 21.7. The number of rotatable bonds is 2. The van der Waals surface area contributed by atoms with Gasteiger partial charge in [0.25, 0.3) is 5.91 Å². The van der Waals surface area contributed by atoms with E-state index in [-0.39, 0.29) is 23.7 Å². The van der Waals surface area contributed by atoms with Crippen LogP contribution in [0, 0.1) is 11.8 Å². The summed E-state index contributed by atoms with van der Waals surface area (Å²) in [4.78, 5) is 29.3. The Balaban J connectivity index is 1.86. The number of likely N-dealkylation sites (tertiary alicyclic amines) is 1. The minimum absolute atomic E-state index is 0.0292. The van der Waals surface area contributed by atoms with Crippen molar-refractivity contribution in [1.82, 2.24) is 9.88 Å². The Bertz CT molecular complexity index is 692. The van der Waals surface area contributed by atoms with Crippen LogP contribution in [0.5, 0.6) is 0 Å². The first-order valence-electron chi connectivity index (χ1n) is 7.05. The maximum absolute atomic E-state index is 12.7. The third-order valence-corrected chi connectivity index (χ3v) is 4.23. The number of nitrogens with zero attached hydrogens (tertiary/aromatic N) is 1. The van der Waals surface area contributed by atoms with Crippen LogP contribution in [0.15, 0.2) is 30.5 Å². The molecule has 0 radical (unpaired) electrons. The van der Waals surface area contributed by atoms with E-state index in [9.17, 15) is 9.59 Å². The number of H-pyrrole nitrogens is 1. The number of carbonyl (C=O) groups is 2. The van der Waals surface area contributed by atoms with Gasteiger partial charge in [0, 0.05) is 35.8 Å². The third kappa shape index (κ3) is 2.28. The molecule has 2 atom stereocenters. The average molecular weight is 286 g/mol. The molecule has 1 N–H and O–H groups in total. The average Bonchev–Trinajstić information content (AvgIpc) is 3.11. The molecule has 2 unspecified atom stereocenters. The summed E-state index contributed by atoms with van der Waals surface area (Å²) in [7, 11) is 1.39. The van der Waals surface area contributed by atoms with Crippen molar-refractivity contribution >= 4 is 22.8 Å². The van der Waals surface area contributed by atoms with E-state index in [1.807, 2.05) is 37.4 Å². The zero-order chi connectivity index (χ0) is 15.0. The van der Waals surface area contributed by atoms with Crippen LogP contribution >= 0.6 is 0 Å². The van der Waals surface area contributed by atoms with Gasteiger partial charge in [0.1, 0.15) is 0 Å². The molecule has 0 spiro atoms. The topological polar surface area (TPSA) is 62.4 Å². The quantitative estimate of drug-likeness (QED) is 0.859. The van der Waals surface area contributed by atoms with Crippen molar-refractivity contribution in [3.63, 3.8) is 0 Å². The second-order valence-corrected chi connectivity index (χ2v) is 5.56. The second kappa shape index (κ2) is 5.24. The van der Waals surface area contributed by atoms with Crippen molar-refractivity contribution < 1.29 is 14.3 Å². The van der Waals surface area contributed by atoms with E-state index in [4.69, 9.17) is 4.74 Å². The van der Waals surface area contributed by atoms with Gasteiger partial charge in [0.15, 0.2) is 0 Å². The van der Waals surface area contributed by atoms with E-state index in [2.05, 4.69) is 4.98 Å². The summed E-state index contributed by atoms with van der Waals surface area (Å²) >= 11 is 0. The zero-order valence-corrected chi connectivity index (χ0v) is 12.1. The standard InChI is InChI=1S/C16H18N2O3/c1-10-8-18(9-13(10)16(20)21-2)15(19)12-4-3-5-14-11(12)6-7-17-14/h3-7,10,13,17H,8-9H2,1-2H3. The van der Waals surface area contributed by atoms with Crippen LogP contribution in [0.1, 0.15) is 17.3 Å². The first kappa shape index (κ1) is 13.7. The number of hydrogen-bond donors (Lipinski definition) is 1. The number of amides is 1. The summed E-state index contributed by atoms with van der Waals surface area (Å²) in [6, 6.07) is 7.54. The van der Waals surface area contributed by atoms with Gasteiger partial charge in [-0.05, 0) is 24.1 Å². The molecule has 5 heteroatoms. The monoisotopic (exact) mass is 286 g/mol. The van der Waals surface area contributed by atoms with Crippen LogP contribution in [0.4, 0.5) is 0 Å². The molecule has 1 aliphatic heterocycles. The molecule has 2 heterocycles. The molecule has 110 valence electrons. The lowest BCUT2D eigenvalue weighted by Crippen LogP contribution is -2.30. The summed E-state index contributed by atoms with van der Waals surface area (Å²) in [6.07, 6.45) is 1.82. The number of esters is 1. The zero-order valence-electron chi connectivity index (χ0n) is 12.1. The predicted molar refractivity (Wildman–Crippen MR) is 78.9 cm³/mol.